The van der Waals surface area contributed by atoms with Crippen molar-refractivity contribution in [3.63, 3.8) is 0 Å². The Balaban J connectivity index is 0.000000185. The second-order valence-electron chi connectivity index (χ2n) is 19.8. The summed E-state index contributed by atoms with van der Waals surface area (Å²) in [4.78, 5) is 44.5. The predicted molar refractivity (Wildman–Crippen MR) is 278 cm³/mol. The molecule has 0 unspecified atom stereocenters. The summed E-state index contributed by atoms with van der Waals surface area (Å²) in [5.41, 5.74) is 5.21. The number of para-hydroxylation sites is 2. The minimum absolute atomic E-state index is 0. The van der Waals surface area contributed by atoms with Gasteiger partial charge in [-0.2, -0.15) is 0 Å². The van der Waals surface area contributed by atoms with Crippen molar-refractivity contribution < 1.29 is 9.53 Å². The van der Waals surface area contributed by atoms with Gasteiger partial charge in [0.2, 0.25) is 11.9 Å². The number of aromatic amines is 2. The van der Waals surface area contributed by atoms with Gasteiger partial charge in [-0.05, 0) is 109 Å². The topological polar surface area (TPSA) is 155 Å². The smallest absolute Gasteiger partial charge is 0.410 e. The van der Waals surface area contributed by atoms with Crippen LogP contribution in [0.4, 0.5) is 16.7 Å². The Labute approximate surface area is 411 Å². The number of halogens is 2. The van der Waals surface area contributed by atoms with E-state index in [0.717, 1.165) is 135 Å². The Morgan fingerprint density at radius 2 is 1.10 bits per heavy atom. The summed E-state index contributed by atoms with van der Waals surface area (Å²) in [6.07, 6.45) is 16.2. The van der Waals surface area contributed by atoms with E-state index in [1.807, 2.05) is 68.4 Å². The minimum Gasteiger partial charge on any atom is -0.444 e. The number of nitrogens with one attached hydrogen (secondary N) is 5. The van der Waals surface area contributed by atoms with E-state index in [2.05, 4.69) is 63.9 Å². The number of carbonyl (C=O) groups is 1. The van der Waals surface area contributed by atoms with Crippen molar-refractivity contribution in [3.8, 4) is 22.5 Å². The summed E-state index contributed by atoms with van der Waals surface area (Å²) in [7, 11) is 0. The van der Waals surface area contributed by atoms with Crippen molar-refractivity contribution in [2.24, 2.45) is 11.8 Å². The van der Waals surface area contributed by atoms with Crippen molar-refractivity contribution in [2.75, 3.05) is 76.1 Å². The Hall–Kier alpha value is -4.99. The van der Waals surface area contributed by atoms with Gasteiger partial charge in [0, 0.05) is 110 Å². The third-order valence-corrected chi connectivity index (χ3v) is 14.3. The van der Waals surface area contributed by atoms with Gasteiger partial charge in [-0.25, -0.2) is 24.7 Å². The summed E-state index contributed by atoms with van der Waals surface area (Å²) < 4.78 is 5.53. The first kappa shape index (κ1) is 49.4. The second-order valence-corrected chi connectivity index (χ2v) is 20.6. The van der Waals surface area contributed by atoms with Crippen LogP contribution < -0.4 is 16.0 Å². The molecule has 0 spiro atoms. The molecule has 0 aliphatic carbocycles. The van der Waals surface area contributed by atoms with Crippen LogP contribution in [-0.2, 0) is 4.74 Å². The maximum Gasteiger partial charge on any atom is 0.410 e. The van der Waals surface area contributed by atoms with Crippen LogP contribution in [-0.4, -0.2) is 134 Å². The SMILES string of the molecule is C.CC(C)(C)OC(=O)N1CCC(CN2CCC(Nc3ncc(Cl)c(-c4c[nH]c5ccccc45)n3)CC2)CC1.Clc1cnc(NC2CCN(CC3CCNCC3)CC2)nc1-c1c[nH]c2ccccc12. The minimum atomic E-state index is -0.443. The first-order chi connectivity index (χ1) is 32.5. The first-order valence-electron chi connectivity index (χ1n) is 24.4. The van der Waals surface area contributed by atoms with Gasteiger partial charge in [0.25, 0.3) is 0 Å². The van der Waals surface area contributed by atoms with Crippen molar-refractivity contribution in [1.29, 1.82) is 0 Å². The molecule has 0 saturated carbocycles. The maximum atomic E-state index is 12.3. The fourth-order valence-corrected chi connectivity index (χ4v) is 10.5. The number of hydrogen-bond acceptors (Lipinski definition) is 11. The molecule has 4 aromatic heterocycles. The molecule has 10 rings (SSSR count). The summed E-state index contributed by atoms with van der Waals surface area (Å²) in [6.45, 7) is 16.4. The number of anilines is 2. The molecule has 16 heteroatoms. The van der Waals surface area contributed by atoms with E-state index in [1.54, 1.807) is 12.4 Å². The van der Waals surface area contributed by atoms with E-state index >= 15 is 0 Å². The van der Waals surface area contributed by atoms with E-state index < -0.39 is 5.60 Å². The molecule has 8 heterocycles. The number of H-pyrrole nitrogens is 2. The Morgan fingerprint density at radius 3 is 1.56 bits per heavy atom. The van der Waals surface area contributed by atoms with Crippen molar-refractivity contribution in [3.05, 3.63) is 83.4 Å². The van der Waals surface area contributed by atoms with Crippen molar-refractivity contribution >= 4 is 63.0 Å². The van der Waals surface area contributed by atoms with Crippen molar-refractivity contribution in [1.82, 2.24) is 49.9 Å². The summed E-state index contributed by atoms with van der Waals surface area (Å²) >= 11 is 13.0. The van der Waals surface area contributed by atoms with Crippen LogP contribution in [0, 0.1) is 11.8 Å². The first-order valence-corrected chi connectivity index (χ1v) is 25.1. The molecule has 0 radical (unpaired) electrons. The molecule has 364 valence electrons. The van der Waals surface area contributed by atoms with Crippen LogP contribution in [0.5, 0.6) is 0 Å². The number of nitrogens with zero attached hydrogens (tertiary/aromatic N) is 7. The van der Waals surface area contributed by atoms with Gasteiger partial charge in [-0.3, -0.25) is 0 Å². The van der Waals surface area contributed by atoms with Gasteiger partial charge in [0.05, 0.1) is 33.8 Å². The number of aromatic nitrogens is 6. The molecule has 5 N–H and O–H groups in total. The second kappa shape index (κ2) is 22.6. The van der Waals surface area contributed by atoms with Gasteiger partial charge in [0.1, 0.15) is 5.60 Å². The fraction of sp³-hybridized carbons (Fsp3) is 0.519. The van der Waals surface area contributed by atoms with E-state index in [9.17, 15) is 4.79 Å². The van der Waals surface area contributed by atoms with Crippen molar-refractivity contribution in [2.45, 2.75) is 97.2 Å². The maximum absolute atomic E-state index is 12.3. The molecule has 4 aliphatic heterocycles. The quantitative estimate of drug-likeness (QED) is 0.0891. The van der Waals surface area contributed by atoms with Crippen LogP contribution in [0.25, 0.3) is 44.3 Å². The summed E-state index contributed by atoms with van der Waals surface area (Å²) in [5, 5.41) is 13.9. The summed E-state index contributed by atoms with van der Waals surface area (Å²) in [5.74, 6) is 2.77. The van der Waals surface area contributed by atoms with Crippen LogP contribution in [0.3, 0.4) is 0 Å². The third kappa shape index (κ3) is 12.6. The molecule has 4 aliphatic rings. The molecule has 1 amide bonds. The highest BCUT2D eigenvalue weighted by molar-refractivity contribution is 6.33. The Bertz CT molecular complexity index is 2560. The Morgan fingerprint density at radius 1 is 0.662 bits per heavy atom. The highest BCUT2D eigenvalue weighted by Crippen LogP contribution is 2.34. The highest BCUT2D eigenvalue weighted by Gasteiger charge is 2.30. The third-order valence-electron chi connectivity index (χ3n) is 13.8. The molecular weight excluding hydrogens is 896 g/mol. The lowest BCUT2D eigenvalue weighted by Crippen LogP contribution is -2.45. The lowest BCUT2D eigenvalue weighted by molar-refractivity contribution is 0.0166. The van der Waals surface area contributed by atoms with Crippen LogP contribution in [0.15, 0.2) is 73.3 Å². The number of amides is 1. The number of carbonyl (C=O) groups excluding carboxylic acids is 1. The number of ether oxygens (including phenoxy) is 1. The van der Waals surface area contributed by atoms with E-state index in [-0.39, 0.29) is 13.5 Å². The van der Waals surface area contributed by atoms with Gasteiger partial charge in [-0.15, -0.1) is 0 Å². The zero-order chi connectivity index (χ0) is 46.3. The van der Waals surface area contributed by atoms with Gasteiger partial charge < -0.3 is 45.4 Å². The van der Waals surface area contributed by atoms with E-state index in [0.29, 0.717) is 39.9 Å². The standard InChI is InChI=1S/C28H37ClN6O2.C23H29ClN6.CH4/c1-28(2,3)37-27(36)35-14-8-19(9-15-35)18-34-12-10-20(11-13-34)32-26-31-17-23(29)25(33-26)22-16-30-24-7-5-4-6-21(22)24;24-20-14-27-23(29-22(20)19-13-26-21-4-2-1-3-18(19)21)28-17-7-11-30(12-8-17)15-16-5-9-25-10-6-16;/h4-7,16-17,19-20,30H,8-15,18H2,1-3H3,(H,31,32,33);1-4,13-14,16-17,25-26H,5-12,15H2,(H,27,28,29);1H4. The molecular formula is C52H70Cl2N12O2. The molecule has 4 fully saturated rings. The molecule has 4 saturated heterocycles. The monoisotopic (exact) mass is 965 g/mol. The average molecular weight is 966 g/mol. The highest BCUT2D eigenvalue weighted by atomic mass is 35.5. The number of rotatable bonds is 10. The zero-order valence-electron chi connectivity index (χ0n) is 39.2. The van der Waals surface area contributed by atoms with Crippen LogP contribution in [0.2, 0.25) is 10.0 Å². The molecule has 0 atom stereocenters. The number of likely N-dealkylation sites (tertiary alicyclic amines) is 3. The molecule has 2 aromatic carbocycles. The number of fused-ring (bicyclic) bond motifs is 2. The van der Waals surface area contributed by atoms with Gasteiger partial charge >= 0.3 is 6.09 Å². The predicted octanol–water partition coefficient (Wildman–Crippen LogP) is 10.6. The summed E-state index contributed by atoms with van der Waals surface area (Å²) in [6, 6.07) is 17.1. The molecule has 0 bridgehead atoms. The molecule has 14 nitrogen and oxygen atoms in total. The molecule has 6 aromatic rings. The zero-order valence-corrected chi connectivity index (χ0v) is 40.7. The number of hydrogen-bond donors (Lipinski definition) is 5. The van der Waals surface area contributed by atoms with Crippen LogP contribution >= 0.6 is 23.2 Å². The normalized spacial score (nSPS) is 18.5. The van der Waals surface area contributed by atoms with Gasteiger partial charge in [0.15, 0.2) is 0 Å². The lowest BCUT2D eigenvalue weighted by Gasteiger charge is -2.38. The fourth-order valence-electron chi connectivity index (χ4n) is 10.1. The van der Waals surface area contributed by atoms with E-state index in [1.165, 1.54) is 32.5 Å². The largest absolute Gasteiger partial charge is 0.444 e. The number of piperidine rings is 4. The molecule has 68 heavy (non-hydrogen) atoms. The van der Waals surface area contributed by atoms with Gasteiger partial charge in [-0.1, -0.05) is 67.0 Å². The lowest BCUT2D eigenvalue weighted by atomic mass is 9.95. The van der Waals surface area contributed by atoms with E-state index in [4.69, 9.17) is 37.9 Å². The average Bonchev–Trinajstić information content (AvgIpc) is 3.97. The number of benzene rings is 2. The van der Waals surface area contributed by atoms with Crippen LogP contribution in [0.1, 0.15) is 79.6 Å². The Kier molecular flexibility index (Phi) is 16.4.